The second-order valence-corrected chi connectivity index (χ2v) is 8.29. The van der Waals surface area contributed by atoms with Crippen LogP contribution in [-0.4, -0.2) is 43.9 Å². The van der Waals surface area contributed by atoms with Gasteiger partial charge in [-0.25, -0.2) is 4.39 Å². The van der Waals surface area contributed by atoms with Gasteiger partial charge >= 0.3 is 10.2 Å². The van der Waals surface area contributed by atoms with Crippen molar-refractivity contribution in [1.29, 1.82) is 0 Å². The maximum atomic E-state index is 13.3. The minimum atomic E-state index is -3.79. The Morgan fingerprint density at radius 2 is 1.81 bits per heavy atom. The van der Waals surface area contributed by atoms with E-state index in [1.54, 1.807) is 0 Å². The van der Waals surface area contributed by atoms with E-state index in [9.17, 15) is 12.8 Å². The van der Waals surface area contributed by atoms with E-state index >= 15 is 0 Å². The van der Waals surface area contributed by atoms with Crippen molar-refractivity contribution >= 4 is 44.8 Å². The van der Waals surface area contributed by atoms with Crippen LogP contribution in [0.4, 0.5) is 15.8 Å². The van der Waals surface area contributed by atoms with Gasteiger partial charge in [0.2, 0.25) is 0 Å². The lowest BCUT2D eigenvalue weighted by atomic mass is 10.3. The van der Waals surface area contributed by atoms with Gasteiger partial charge in [0.1, 0.15) is 5.82 Å². The summed E-state index contributed by atoms with van der Waals surface area (Å²) in [6, 6.07) is 5.34. The Hall–Kier alpha value is -1.61. The number of hydrogen-bond donors (Lipinski definition) is 1. The summed E-state index contributed by atoms with van der Waals surface area (Å²) in [5.41, 5.74) is 0.840. The van der Waals surface area contributed by atoms with Crippen LogP contribution in [-0.2, 0) is 10.2 Å². The number of benzene rings is 1. The van der Waals surface area contributed by atoms with E-state index in [2.05, 4.69) is 9.71 Å². The van der Waals surface area contributed by atoms with Gasteiger partial charge in [-0.05, 0) is 24.6 Å². The highest BCUT2D eigenvalue weighted by atomic mass is 35.5. The molecule has 1 aliphatic heterocycles. The summed E-state index contributed by atoms with van der Waals surface area (Å²) in [7, 11) is -3.79. The fraction of sp³-hybridized carbons (Fsp3) is 0.312. The third kappa shape index (κ3) is 4.37. The van der Waals surface area contributed by atoms with E-state index in [1.165, 1.54) is 34.9 Å². The molecule has 0 unspecified atom stereocenters. The highest BCUT2D eigenvalue weighted by molar-refractivity contribution is 7.90. The lowest BCUT2D eigenvalue weighted by molar-refractivity contribution is 0.437. The average Bonchev–Trinajstić information content (AvgIpc) is 2.81. The molecule has 0 bridgehead atoms. The Bertz CT molecular complexity index is 877. The van der Waals surface area contributed by atoms with Gasteiger partial charge in [-0.1, -0.05) is 29.3 Å². The van der Waals surface area contributed by atoms with Gasteiger partial charge in [0, 0.05) is 38.6 Å². The van der Waals surface area contributed by atoms with Crippen LogP contribution in [0, 0.1) is 5.82 Å². The summed E-state index contributed by atoms with van der Waals surface area (Å²) in [6.07, 6.45) is 3.61. The Labute approximate surface area is 161 Å². The molecule has 1 aromatic heterocycles. The van der Waals surface area contributed by atoms with Crippen LogP contribution < -0.4 is 9.62 Å². The molecule has 1 fully saturated rings. The number of nitrogens with zero attached hydrogens (tertiary/aromatic N) is 3. The minimum Gasteiger partial charge on any atom is -0.368 e. The number of halogens is 3. The Balaban J connectivity index is 1.73. The molecule has 6 nitrogen and oxygen atoms in total. The zero-order chi connectivity index (χ0) is 18.7. The van der Waals surface area contributed by atoms with Crippen molar-refractivity contribution in [3.05, 3.63) is 52.5 Å². The number of hydrogen-bond acceptors (Lipinski definition) is 4. The lowest BCUT2D eigenvalue weighted by Gasteiger charge is -2.25. The van der Waals surface area contributed by atoms with Crippen molar-refractivity contribution in [1.82, 2.24) is 9.29 Å². The van der Waals surface area contributed by atoms with Crippen molar-refractivity contribution in [3.63, 3.8) is 0 Å². The number of rotatable bonds is 4. The zero-order valence-electron chi connectivity index (χ0n) is 13.7. The van der Waals surface area contributed by atoms with Gasteiger partial charge in [0.15, 0.2) is 0 Å². The van der Waals surface area contributed by atoms with Gasteiger partial charge in [0.25, 0.3) is 0 Å². The van der Waals surface area contributed by atoms with Crippen molar-refractivity contribution in [2.75, 3.05) is 35.8 Å². The molecule has 1 aromatic carbocycles. The third-order valence-corrected chi connectivity index (χ3v) is 6.10. The first-order valence-corrected chi connectivity index (χ1v) is 10.1. The molecular weight excluding hydrogens is 402 g/mol. The summed E-state index contributed by atoms with van der Waals surface area (Å²) in [4.78, 5) is 5.88. The first-order valence-electron chi connectivity index (χ1n) is 7.94. The first-order chi connectivity index (χ1) is 12.4. The molecule has 2 heterocycles. The maximum absolute atomic E-state index is 13.3. The molecule has 26 heavy (non-hydrogen) atoms. The molecule has 3 rings (SSSR count). The lowest BCUT2D eigenvalue weighted by Crippen LogP contribution is -2.38. The van der Waals surface area contributed by atoms with Crippen molar-refractivity contribution in [3.8, 4) is 0 Å². The standard InChI is InChI=1S/C16H17Cl2FN4O2S/c17-14-10-20-11-15(18)16(14)22-5-2-6-23(8-7-22)26(24,25)21-13-4-1-3-12(19)9-13/h1,3-4,9-11,21H,2,5-8H2. The second-order valence-electron chi connectivity index (χ2n) is 5.81. The highest BCUT2D eigenvalue weighted by Crippen LogP contribution is 2.33. The molecule has 0 spiro atoms. The van der Waals surface area contributed by atoms with Crippen LogP contribution in [0.2, 0.25) is 10.0 Å². The van der Waals surface area contributed by atoms with Crippen LogP contribution >= 0.6 is 23.2 Å². The molecule has 10 heteroatoms. The fourth-order valence-corrected chi connectivity index (χ4v) is 4.68. The van der Waals surface area contributed by atoms with E-state index in [-0.39, 0.29) is 12.2 Å². The topological polar surface area (TPSA) is 65.5 Å². The van der Waals surface area contributed by atoms with Gasteiger partial charge in [0.05, 0.1) is 21.4 Å². The fourth-order valence-electron chi connectivity index (χ4n) is 2.83. The average molecular weight is 419 g/mol. The van der Waals surface area contributed by atoms with Gasteiger partial charge < -0.3 is 4.90 Å². The van der Waals surface area contributed by atoms with E-state index in [0.29, 0.717) is 41.8 Å². The highest BCUT2D eigenvalue weighted by Gasteiger charge is 2.26. The molecule has 0 saturated carbocycles. The Morgan fingerprint density at radius 3 is 2.50 bits per heavy atom. The third-order valence-electron chi connectivity index (χ3n) is 4.01. The number of nitrogens with one attached hydrogen (secondary N) is 1. The molecule has 1 aliphatic rings. The number of pyridine rings is 1. The normalized spacial score (nSPS) is 16.3. The minimum absolute atomic E-state index is 0.186. The predicted octanol–water partition coefficient (Wildman–Crippen LogP) is 3.40. The van der Waals surface area contributed by atoms with Crippen molar-refractivity contribution < 1.29 is 12.8 Å². The Morgan fingerprint density at radius 1 is 1.08 bits per heavy atom. The summed E-state index contributed by atoms with van der Waals surface area (Å²) in [5.74, 6) is -0.505. The first kappa shape index (κ1) is 19.2. The summed E-state index contributed by atoms with van der Waals surface area (Å²) in [5, 5.41) is 0.846. The van der Waals surface area contributed by atoms with Crippen molar-refractivity contribution in [2.45, 2.75) is 6.42 Å². The van der Waals surface area contributed by atoms with E-state index in [4.69, 9.17) is 23.2 Å². The molecule has 0 radical (unpaired) electrons. The zero-order valence-corrected chi connectivity index (χ0v) is 16.0. The van der Waals surface area contributed by atoms with Gasteiger partial charge in [-0.15, -0.1) is 0 Å². The van der Waals surface area contributed by atoms with Crippen LogP contribution in [0.3, 0.4) is 0 Å². The monoisotopic (exact) mass is 418 g/mol. The molecule has 0 atom stereocenters. The summed E-state index contributed by atoms with van der Waals surface area (Å²) in [6.45, 7) is 1.62. The van der Waals surface area contributed by atoms with Crippen LogP contribution in [0.25, 0.3) is 0 Å². The molecule has 1 saturated heterocycles. The number of aromatic nitrogens is 1. The Kier molecular flexibility index (Phi) is 5.86. The van der Waals surface area contributed by atoms with Gasteiger partial charge in [-0.3, -0.25) is 9.71 Å². The van der Waals surface area contributed by atoms with Gasteiger partial charge in [-0.2, -0.15) is 12.7 Å². The van der Waals surface area contributed by atoms with Crippen LogP contribution in [0.1, 0.15) is 6.42 Å². The van der Waals surface area contributed by atoms with E-state index in [1.807, 2.05) is 4.90 Å². The molecular formula is C16H17Cl2FN4O2S. The molecule has 140 valence electrons. The molecule has 2 aromatic rings. The van der Waals surface area contributed by atoms with E-state index in [0.717, 1.165) is 6.07 Å². The quantitative estimate of drug-likeness (QED) is 0.825. The summed E-state index contributed by atoms with van der Waals surface area (Å²) >= 11 is 12.4. The largest absolute Gasteiger partial charge is 0.368 e. The molecule has 0 amide bonds. The van der Waals surface area contributed by atoms with Crippen molar-refractivity contribution in [2.24, 2.45) is 0 Å². The predicted molar refractivity (Wildman–Crippen MR) is 102 cm³/mol. The molecule has 0 aliphatic carbocycles. The van der Waals surface area contributed by atoms with Crippen LogP contribution in [0.15, 0.2) is 36.7 Å². The maximum Gasteiger partial charge on any atom is 0.301 e. The summed E-state index contributed by atoms with van der Waals surface area (Å²) < 4.78 is 42.2. The second kappa shape index (κ2) is 7.96. The number of anilines is 2. The SMILES string of the molecule is O=S(=O)(Nc1cccc(F)c1)N1CCCN(c2c(Cl)cncc2Cl)CC1. The van der Waals surface area contributed by atoms with Crippen LogP contribution in [0.5, 0.6) is 0 Å². The molecule has 1 N–H and O–H groups in total. The van der Waals surface area contributed by atoms with E-state index < -0.39 is 16.0 Å². The smallest absolute Gasteiger partial charge is 0.301 e.